The highest BCUT2D eigenvalue weighted by Crippen LogP contribution is 2.22. The molecule has 3 atom stereocenters. The lowest BCUT2D eigenvalue weighted by Gasteiger charge is -2.30. The number of hydrogen-bond donors (Lipinski definition) is 3. The number of benzene rings is 1. The summed E-state index contributed by atoms with van der Waals surface area (Å²) in [6, 6.07) is 7.24. The normalized spacial score (nSPS) is 19.1. The number of hydrogen-bond acceptors (Lipinski definition) is 4. The molecule has 1 aromatic rings. The Morgan fingerprint density at radius 1 is 1.15 bits per heavy atom. The second-order valence-corrected chi connectivity index (χ2v) is 7.06. The van der Waals surface area contributed by atoms with Gasteiger partial charge in [0.05, 0.1) is 6.04 Å². The Labute approximate surface area is 154 Å². The van der Waals surface area contributed by atoms with Crippen molar-refractivity contribution in [2.75, 3.05) is 11.9 Å². The lowest BCUT2D eigenvalue weighted by Crippen LogP contribution is -2.56. The molecule has 26 heavy (non-hydrogen) atoms. The topological polar surface area (TPSA) is 105 Å². The van der Waals surface area contributed by atoms with Crippen LogP contribution < -0.4 is 16.4 Å². The van der Waals surface area contributed by atoms with Gasteiger partial charge in [0.15, 0.2) is 0 Å². The zero-order chi connectivity index (χ0) is 19.3. The van der Waals surface area contributed by atoms with Crippen molar-refractivity contribution in [3.63, 3.8) is 0 Å². The van der Waals surface area contributed by atoms with E-state index < -0.39 is 18.1 Å². The van der Waals surface area contributed by atoms with Crippen LogP contribution in [0.15, 0.2) is 30.3 Å². The van der Waals surface area contributed by atoms with Gasteiger partial charge in [0, 0.05) is 12.2 Å². The van der Waals surface area contributed by atoms with Crippen molar-refractivity contribution < 1.29 is 14.4 Å². The summed E-state index contributed by atoms with van der Waals surface area (Å²) in [6.45, 7) is 5.80. The molecule has 0 unspecified atom stereocenters. The van der Waals surface area contributed by atoms with E-state index in [9.17, 15) is 14.4 Å². The largest absolute Gasteiger partial charge is 0.343 e. The predicted octanol–water partition coefficient (Wildman–Crippen LogP) is 1.10. The minimum absolute atomic E-state index is 0.108. The number of nitrogens with two attached hydrogens (primary N) is 1. The first-order chi connectivity index (χ1) is 12.3. The molecule has 7 nitrogen and oxygen atoms in total. The van der Waals surface area contributed by atoms with Crippen LogP contribution in [-0.2, 0) is 14.4 Å². The molecule has 1 aromatic carbocycles. The molecule has 7 heteroatoms. The van der Waals surface area contributed by atoms with Crippen molar-refractivity contribution in [3.8, 4) is 0 Å². The molecular weight excluding hydrogens is 332 g/mol. The average Bonchev–Trinajstić information content (AvgIpc) is 3.09. The molecule has 1 aliphatic heterocycles. The van der Waals surface area contributed by atoms with E-state index in [1.807, 2.05) is 32.0 Å². The molecule has 0 spiro atoms. The monoisotopic (exact) mass is 360 g/mol. The van der Waals surface area contributed by atoms with Gasteiger partial charge < -0.3 is 21.3 Å². The quantitative estimate of drug-likeness (QED) is 0.706. The maximum absolute atomic E-state index is 13.0. The minimum atomic E-state index is -0.696. The van der Waals surface area contributed by atoms with Gasteiger partial charge in [-0.05, 0) is 37.8 Å². The van der Waals surface area contributed by atoms with E-state index in [-0.39, 0.29) is 23.6 Å². The fourth-order valence-corrected chi connectivity index (χ4v) is 3.03. The lowest BCUT2D eigenvalue weighted by molar-refractivity contribution is -0.141. The molecule has 0 saturated carbocycles. The SMILES string of the molecule is CC(C)[C@H](NC(=O)[C@H](C)N)C(=O)N1CCC[C@H]1C(=O)Nc1ccccc1. The highest BCUT2D eigenvalue weighted by atomic mass is 16.2. The summed E-state index contributed by atoms with van der Waals surface area (Å²) in [7, 11) is 0. The van der Waals surface area contributed by atoms with Crippen molar-refractivity contribution in [2.45, 2.75) is 51.7 Å². The van der Waals surface area contributed by atoms with Crippen molar-refractivity contribution in [1.29, 1.82) is 0 Å². The number of nitrogens with zero attached hydrogens (tertiary/aromatic N) is 1. The maximum atomic E-state index is 13.0. The van der Waals surface area contributed by atoms with Gasteiger partial charge in [0.25, 0.3) is 0 Å². The van der Waals surface area contributed by atoms with Gasteiger partial charge >= 0.3 is 0 Å². The molecule has 1 heterocycles. The summed E-state index contributed by atoms with van der Waals surface area (Å²) < 4.78 is 0. The smallest absolute Gasteiger partial charge is 0.247 e. The number of anilines is 1. The van der Waals surface area contributed by atoms with E-state index in [1.54, 1.807) is 24.0 Å². The minimum Gasteiger partial charge on any atom is -0.343 e. The molecular formula is C19H28N4O3. The maximum Gasteiger partial charge on any atom is 0.247 e. The van der Waals surface area contributed by atoms with E-state index in [0.717, 1.165) is 6.42 Å². The van der Waals surface area contributed by atoms with Crippen LogP contribution in [0, 0.1) is 5.92 Å². The van der Waals surface area contributed by atoms with Gasteiger partial charge in [-0.2, -0.15) is 0 Å². The Morgan fingerprint density at radius 3 is 2.38 bits per heavy atom. The van der Waals surface area contributed by atoms with E-state index in [0.29, 0.717) is 18.7 Å². The fraction of sp³-hybridized carbons (Fsp3) is 0.526. The number of rotatable bonds is 6. The molecule has 0 bridgehead atoms. The Bertz CT molecular complexity index is 645. The van der Waals surface area contributed by atoms with Gasteiger partial charge in [-0.3, -0.25) is 14.4 Å². The summed E-state index contributed by atoms with van der Waals surface area (Å²) in [5, 5.41) is 5.57. The molecule has 0 aromatic heterocycles. The Kier molecular flexibility index (Phi) is 6.74. The number of nitrogens with one attached hydrogen (secondary N) is 2. The zero-order valence-corrected chi connectivity index (χ0v) is 15.6. The van der Waals surface area contributed by atoms with E-state index in [4.69, 9.17) is 5.73 Å². The summed E-state index contributed by atoms with van der Waals surface area (Å²) >= 11 is 0. The van der Waals surface area contributed by atoms with Crippen molar-refractivity contribution >= 4 is 23.4 Å². The van der Waals surface area contributed by atoms with Crippen LogP contribution in [0.5, 0.6) is 0 Å². The second-order valence-electron chi connectivity index (χ2n) is 7.06. The molecule has 0 aliphatic carbocycles. The molecule has 3 amide bonds. The molecule has 0 radical (unpaired) electrons. The first-order valence-corrected chi connectivity index (χ1v) is 9.03. The van der Waals surface area contributed by atoms with Crippen molar-refractivity contribution in [2.24, 2.45) is 11.7 Å². The summed E-state index contributed by atoms with van der Waals surface area (Å²) in [4.78, 5) is 39.2. The van der Waals surface area contributed by atoms with Gasteiger partial charge in [-0.1, -0.05) is 32.0 Å². The third-order valence-electron chi connectivity index (χ3n) is 4.52. The van der Waals surface area contributed by atoms with Crippen LogP contribution in [0.3, 0.4) is 0 Å². The third kappa shape index (κ3) is 4.82. The predicted molar refractivity (Wildman–Crippen MR) is 100 cm³/mol. The number of para-hydroxylation sites is 1. The zero-order valence-electron chi connectivity index (χ0n) is 15.6. The van der Waals surface area contributed by atoms with E-state index >= 15 is 0 Å². The third-order valence-corrected chi connectivity index (χ3v) is 4.52. The van der Waals surface area contributed by atoms with Gasteiger partial charge in [0.1, 0.15) is 12.1 Å². The van der Waals surface area contributed by atoms with E-state index in [1.165, 1.54) is 0 Å². The van der Waals surface area contributed by atoms with Crippen LogP contribution in [0.1, 0.15) is 33.6 Å². The second kappa shape index (κ2) is 8.80. The van der Waals surface area contributed by atoms with Crippen LogP contribution in [0.2, 0.25) is 0 Å². The summed E-state index contributed by atoms with van der Waals surface area (Å²) in [6.07, 6.45) is 1.36. The fourth-order valence-electron chi connectivity index (χ4n) is 3.03. The van der Waals surface area contributed by atoms with Crippen LogP contribution >= 0.6 is 0 Å². The van der Waals surface area contributed by atoms with Crippen molar-refractivity contribution in [1.82, 2.24) is 10.2 Å². The average molecular weight is 360 g/mol. The van der Waals surface area contributed by atoms with E-state index in [2.05, 4.69) is 10.6 Å². The summed E-state index contributed by atoms with van der Waals surface area (Å²) in [5.74, 6) is -0.923. The van der Waals surface area contributed by atoms with Crippen LogP contribution in [0.25, 0.3) is 0 Å². The van der Waals surface area contributed by atoms with Crippen molar-refractivity contribution in [3.05, 3.63) is 30.3 Å². The van der Waals surface area contributed by atoms with Gasteiger partial charge in [-0.15, -0.1) is 0 Å². The molecule has 4 N–H and O–H groups in total. The first kappa shape index (κ1) is 19.9. The molecule has 1 aliphatic rings. The van der Waals surface area contributed by atoms with Gasteiger partial charge in [0.2, 0.25) is 17.7 Å². The lowest BCUT2D eigenvalue weighted by atomic mass is 10.0. The molecule has 1 fully saturated rings. The van der Waals surface area contributed by atoms with Gasteiger partial charge in [-0.25, -0.2) is 0 Å². The highest BCUT2D eigenvalue weighted by Gasteiger charge is 2.38. The molecule has 2 rings (SSSR count). The number of carbonyl (C=O) groups excluding carboxylic acids is 3. The Morgan fingerprint density at radius 2 is 1.81 bits per heavy atom. The Balaban J connectivity index is 2.10. The number of likely N-dealkylation sites (tertiary alicyclic amines) is 1. The standard InChI is InChI=1S/C19H28N4O3/c1-12(2)16(22-17(24)13(3)20)19(26)23-11-7-10-15(23)18(25)21-14-8-5-4-6-9-14/h4-6,8-9,12-13,15-16H,7,10-11,20H2,1-3H3,(H,21,25)(H,22,24)/t13-,15-,16-/m0/s1. The van der Waals surface area contributed by atoms with Crippen LogP contribution in [-0.4, -0.2) is 47.3 Å². The first-order valence-electron chi connectivity index (χ1n) is 9.03. The van der Waals surface area contributed by atoms with Crippen LogP contribution in [0.4, 0.5) is 5.69 Å². The number of carbonyl (C=O) groups is 3. The molecule has 142 valence electrons. The molecule has 1 saturated heterocycles. The summed E-state index contributed by atoms with van der Waals surface area (Å²) in [5.41, 5.74) is 6.30. The number of amides is 3. The highest BCUT2D eigenvalue weighted by molar-refractivity contribution is 5.99. The Hall–Kier alpha value is -2.41.